The van der Waals surface area contributed by atoms with Crippen molar-refractivity contribution >= 4 is 24.0 Å². The van der Waals surface area contributed by atoms with E-state index in [1.54, 1.807) is 0 Å². The molecule has 1 N–H and O–H groups in total. The van der Waals surface area contributed by atoms with Crippen LogP contribution in [0, 0.1) is 10.1 Å². The van der Waals surface area contributed by atoms with Gasteiger partial charge in [-0.1, -0.05) is 0 Å². The number of methoxy groups -OCH3 is 1. The molecule has 2 saturated heterocycles. The van der Waals surface area contributed by atoms with Gasteiger partial charge in [0.05, 0.1) is 17.6 Å². The molecule has 2 unspecified atom stereocenters. The number of hydrogen-bond acceptors (Lipinski definition) is 5. The number of halogens is 1. The second-order valence-electron chi connectivity index (χ2n) is 5.73. The van der Waals surface area contributed by atoms with Crippen molar-refractivity contribution < 1.29 is 14.5 Å². The SMILES string of the molecule is COc1ccc([N+](=O)[O-])cc1C(=O)N1C2CCNCC1CC2.Cl. The molecular weight excluding hydrogens is 322 g/mol. The van der Waals surface area contributed by atoms with E-state index in [1.165, 1.54) is 25.3 Å². The van der Waals surface area contributed by atoms with Gasteiger partial charge in [-0.15, -0.1) is 12.4 Å². The Labute approximate surface area is 140 Å². The van der Waals surface area contributed by atoms with E-state index in [4.69, 9.17) is 4.74 Å². The summed E-state index contributed by atoms with van der Waals surface area (Å²) in [5, 5.41) is 14.3. The maximum atomic E-state index is 13.0. The summed E-state index contributed by atoms with van der Waals surface area (Å²) in [5.74, 6) is 0.212. The third kappa shape index (κ3) is 3.25. The third-order valence-electron chi connectivity index (χ3n) is 4.51. The molecule has 0 saturated carbocycles. The number of nitrogens with zero attached hydrogens (tertiary/aromatic N) is 2. The fourth-order valence-corrected chi connectivity index (χ4v) is 3.43. The summed E-state index contributed by atoms with van der Waals surface area (Å²) in [6, 6.07) is 4.52. The number of amides is 1. The van der Waals surface area contributed by atoms with E-state index in [1.807, 2.05) is 4.90 Å². The van der Waals surface area contributed by atoms with Crippen molar-refractivity contribution in [3.63, 3.8) is 0 Å². The molecule has 2 bridgehead atoms. The lowest BCUT2D eigenvalue weighted by Crippen LogP contribution is -2.42. The third-order valence-corrected chi connectivity index (χ3v) is 4.51. The molecule has 3 rings (SSSR count). The number of carbonyl (C=O) groups excluding carboxylic acids is 1. The highest BCUT2D eigenvalue weighted by Crippen LogP contribution is 2.33. The molecule has 1 aromatic rings. The summed E-state index contributed by atoms with van der Waals surface area (Å²) in [6.45, 7) is 1.68. The van der Waals surface area contributed by atoms with Crippen molar-refractivity contribution in [2.24, 2.45) is 0 Å². The number of benzene rings is 1. The fraction of sp³-hybridized carbons (Fsp3) is 0.533. The average molecular weight is 342 g/mol. The first-order valence-electron chi connectivity index (χ1n) is 7.47. The minimum atomic E-state index is -0.491. The molecule has 0 spiro atoms. The topological polar surface area (TPSA) is 84.7 Å². The summed E-state index contributed by atoms with van der Waals surface area (Å²) in [6.07, 6.45) is 2.88. The Hall–Kier alpha value is -1.86. The van der Waals surface area contributed by atoms with Gasteiger partial charge in [-0.05, 0) is 31.9 Å². The number of nitro benzene ring substituents is 1. The predicted molar refractivity (Wildman–Crippen MR) is 87.4 cm³/mol. The zero-order valence-corrected chi connectivity index (χ0v) is 13.7. The summed E-state index contributed by atoms with van der Waals surface area (Å²) in [5.41, 5.74) is 0.181. The summed E-state index contributed by atoms with van der Waals surface area (Å²) in [7, 11) is 1.47. The lowest BCUT2D eigenvalue weighted by Gasteiger charge is -2.28. The second-order valence-corrected chi connectivity index (χ2v) is 5.73. The van der Waals surface area contributed by atoms with Crippen LogP contribution in [-0.4, -0.2) is 48.0 Å². The molecule has 0 aromatic heterocycles. The van der Waals surface area contributed by atoms with Gasteiger partial charge in [-0.3, -0.25) is 14.9 Å². The van der Waals surface area contributed by atoms with Crippen molar-refractivity contribution in [3.8, 4) is 5.75 Å². The summed E-state index contributed by atoms with van der Waals surface area (Å²) >= 11 is 0. The lowest BCUT2D eigenvalue weighted by molar-refractivity contribution is -0.384. The Bertz CT molecular complexity index is 596. The Morgan fingerprint density at radius 1 is 1.35 bits per heavy atom. The van der Waals surface area contributed by atoms with Crippen LogP contribution < -0.4 is 10.1 Å². The first kappa shape index (κ1) is 17.5. The van der Waals surface area contributed by atoms with Gasteiger partial charge >= 0.3 is 0 Å². The van der Waals surface area contributed by atoms with E-state index in [0.717, 1.165) is 32.4 Å². The number of nitro groups is 1. The second kappa shape index (κ2) is 7.14. The number of hydrogen-bond donors (Lipinski definition) is 1. The van der Waals surface area contributed by atoms with Crippen LogP contribution in [0.1, 0.15) is 29.6 Å². The fourth-order valence-electron chi connectivity index (χ4n) is 3.43. The number of nitrogens with one attached hydrogen (secondary N) is 1. The molecule has 126 valence electrons. The molecule has 1 aromatic carbocycles. The van der Waals surface area contributed by atoms with Crippen LogP contribution in [0.15, 0.2) is 18.2 Å². The van der Waals surface area contributed by atoms with Crippen LogP contribution in [0.2, 0.25) is 0 Å². The van der Waals surface area contributed by atoms with Gasteiger partial charge in [0.2, 0.25) is 0 Å². The van der Waals surface area contributed by atoms with Gasteiger partial charge in [0, 0.05) is 30.8 Å². The van der Waals surface area contributed by atoms with Gasteiger partial charge in [0.25, 0.3) is 11.6 Å². The molecule has 1 amide bonds. The van der Waals surface area contributed by atoms with Gasteiger partial charge in [0.15, 0.2) is 0 Å². The van der Waals surface area contributed by atoms with Crippen LogP contribution in [0.25, 0.3) is 0 Å². The van der Waals surface area contributed by atoms with Crippen LogP contribution in [0.4, 0.5) is 5.69 Å². The van der Waals surface area contributed by atoms with Gasteiger partial charge in [0.1, 0.15) is 5.75 Å². The van der Waals surface area contributed by atoms with E-state index in [-0.39, 0.29) is 41.6 Å². The Morgan fingerprint density at radius 3 is 2.78 bits per heavy atom. The van der Waals surface area contributed by atoms with Gasteiger partial charge < -0.3 is 15.0 Å². The molecule has 2 aliphatic heterocycles. The Kier molecular flexibility index (Phi) is 5.43. The van der Waals surface area contributed by atoms with Crippen molar-refractivity contribution in [3.05, 3.63) is 33.9 Å². The number of non-ortho nitro benzene ring substituents is 1. The highest BCUT2D eigenvalue weighted by Gasteiger charge is 2.39. The van der Waals surface area contributed by atoms with Gasteiger partial charge in [-0.25, -0.2) is 0 Å². The van der Waals surface area contributed by atoms with Crippen LogP contribution in [0.5, 0.6) is 5.75 Å². The van der Waals surface area contributed by atoms with E-state index in [9.17, 15) is 14.9 Å². The average Bonchev–Trinajstić information content (AvgIpc) is 2.78. The van der Waals surface area contributed by atoms with Gasteiger partial charge in [-0.2, -0.15) is 0 Å². The van der Waals surface area contributed by atoms with Crippen molar-refractivity contribution in [1.29, 1.82) is 0 Å². The maximum Gasteiger partial charge on any atom is 0.270 e. The molecule has 2 fully saturated rings. The van der Waals surface area contributed by atoms with E-state index in [2.05, 4.69) is 5.32 Å². The predicted octanol–water partition coefficient (Wildman–Crippen LogP) is 1.99. The minimum Gasteiger partial charge on any atom is -0.496 e. The highest BCUT2D eigenvalue weighted by molar-refractivity contribution is 5.98. The van der Waals surface area contributed by atoms with Crippen LogP contribution >= 0.6 is 12.4 Å². The first-order chi connectivity index (χ1) is 10.6. The molecule has 0 radical (unpaired) electrons. The number of carbonyl (C=O) groups is 1. The smallest absolute Gasteiger partial charge is 0.270 e. The number of ether oxygens (including phenoxy) is 1. The van der Waals surface area contributed by atoms with Crippen molar-refractivity contribution in [1.82, 2.24) is 10.2 Å². The Morgan fingerprint density at radius 2 is 2.09 bits per heavy atom. The van der Waals surface area contributed by atoms with E-state index >= 15 is 0 Å². The highest BCUT2D eigenvalue weighted by atomic mass is 35.5. The standard InChI is InChI=1S/C15H19N3O4.ClH/c1-22-14-5-4-11(18(20)21)8-13(14)15(19)17-10-2-3-12(17)9-16-7-6-10;/h4-5,8,10,12,16H,2-3,6-7,9H2,1H3;1H. The quantitative estimate of drug-likeness (QED) is 0.671. The molecule has 23 heavy (non-hydrogen) atoms. The van der Waals surface area contributed by atoms with Crippen molar-refractivity contribution in [2.75, 3.05) is 20.2 Å². The lowest BCUT2D eigenvalue weighted by atomic mass is 10.1. The first-order valence-corrected chi connectivity index (χ1v) is 7.47. The summed E-state index contributed by atoms with van der Waals surface area (Å²) in [4.78, 5) is 25.3. The zero-order chi connectivity index (χ0) is 15.7. The minimum absolute atomic E-state index is 0. The zero-order valence-electron chi connectivity index (χ0n) is 12.9. The van der Waals surface area contributed by atoms with E-state index in [0.29, 0.717) is 5.75 Å². The molecule has 0 aliphatic carbocycles. The largest absolute Gasteiger partial charge is 0.496 e. The van der Waals surface area contributed by atoms with Crippen LogP contribution in [-0.2, 0) is 0 Å². The van der Waals surface area contributed by atoms with Crippen molar-refractivity contribution in [2.45, 2.75) is 31.3 Å². The number of rotatable bonds is 3. The van der Waals surface area contributed by atoms with Crippen LogP contribution in [0.3, 0.4) is 0 Å². The number of fused-ring (bicyclic) bond motifs is 2. The molecule has 8 heteroatoms. The molecule has 2 atom stereocenters. The molecule has 7 nitrogen and oxygen atoms in total. The molecule has 2 heterocycles. The summed E-state index contributed by atoms with van der Waals surface area (Å²) < 4.78 is 5.23. The monoisotopic (exact) mass is 341 g/mol. The molecule has 2 aliphatic rings. The Balaban J connectivity index is 0.00000192. The van der Waals surface area contributed by atoms with E-state index < -0.39 is 4.92 Å². The normalized spacial score (nSPS) is 22.9. The molecular formula is C15H20ClN3O4. The maximum absolute atomic E-state index is 13.0.